The summed E-state index contributed by atoms with van der Waals surface area (Å²) in [6.45, 7) is 1.59. The molecular weight excluding hydrogens is 164 g/mol. The molecule has 1 aromatic heterocycles. The number of aromatic nitrogens is 1. The second-order valence-corrected chi connectivity index (χ2v) is 2.98. The molecular formula is C10H14N2O. The Morgan fingerprint density at radius 1 is 1.62 bits per heavy atom. The molecule has 0 radical (unpaired) electrons. The average Bonchev–Trinajstić information content (AvgIpc) is 2.15. The summed E-state index contributed by atoms with van der Waals surface area (Å²) < 4.78 is 0. The zero-order chi connectivity index (χ0) is 9.68. The summed E-state index contributed by atoms with van der Waals surface area (Å²) in [6, 6.07) is 5.60. The van der Waals surface area contributed by atoms with Crippen LogP contribution in [0.5, 0.6) is 0 Å². The van der Waals surface area contributed by atoms with Crippen molar-refractivity contribution in [1.29, 1.82) is 0 Å². The normalized spacial score (nSPS) is 12.5. The third-order valence-electron chi connectivity index (χ3n) is 1.98. The van der Waals surface area contributed by atoms with Crippen molar-refractivity contribution in [3.8, 4) is 0 Å². The van der Waals surface area contributed by atoms with E-state index in [4.69, 9.17) is 0 Å². The second kappa shape index (κ2) is 4.72. The largest absolute Gasteiger partial charge is 0.310 e. The maximum atomic E-state index is 11.1. The number of Topliss-reactive ketones (excluding diaryl/α,β-unsaturated/α-hetero) is 1. The highest BCUT2D eigenvalue weighted by atomic mass is 16.1. The Hall–Kier alpha value is -1.22. The van der Waals surface area contributed by atoms with Crippen LogP contribution >= 0.6 is 0 Å². The molecule has 1 rings (SSSR count). The van der Waals surface area contributed by atoms with Crippen molar-refractivity contribution in [2.75, 3.05) is 7.05 Å². The lowest BCUT2D eigenvalue weighted by Crippen LogP contribution is -2.34. The predicted molar refractivity (Wildman–Crippen MR) is 51.5 cm³/mol. The number of ketones is 1. The first-order chi connectivity index (χ1) is 6.24. The number of nitrogens with one attached hydrogen (secondary N) is 1. The van der Waals surface area contributed by atoms with E-state index in [1.54, 1.807) is 20.2 Å². The molecule has 1 heterocycles. The van der Waals surface area contributed by atoms with E-state index in [2.05, 4.69) is 10.3 Å². The third kappa shape index (κ3) is 2.95. The molecule has 0 bridgehead atoms. The Balaban J connectivity index is 2.62. The van der Waals surface area contributed by atoms with E-state index >= 15 is 0 Å². The summed E-state index contributed by atoms with van der Waals surface area (Å²) in [5.41, 5.74) is 0.942. The van der Waals surface area contributed by atoms with Crippen LogP contribution < -0.4 is 5.32 Å². The Kier molecular flexibility index (Phi) is 3.58. The molecule has 1 unspecified atom stereocenters. The zero-order valence-electron chi connectivity index (χ0n) is 7.95. The number of rotatable bonds is 4. The Morgan fingerprint density at radius 2 is 2.38 bits per heavy atom. The van der Waals surface area contributed by atoms with Crippen molar-refractivity contribution in [2.24, 2.45) is 0 Å². The summed E-state index contributed by atoms with van der Waals surface area (Å²) in [4.78, 5) is 15.2. The van der Waals surface area contributed by atoms with Gasteiger partial charge in [0, 0.05) is 18.3 Å². The molecule has 0 saturated heterocycles. The first kappa shape index (κ1) is 9.86. The quantitative estimate of drug-likeness (QED) is 0.741. The molecule has 0 aromatic carbocycles. The first-order valence-electron chi connectivity index (χ1n) is 4.31. The SMILES string of the molecule is CNC(Cc1ccccn1)C(C)=O. The van der Waals surface area contributed by atoms with Gasteiger partial charge in [0.15, 0.2) is 0 Å². The molecule has 0 amide bonds. The van der Waals surface area contributed by atoms with Crippen LogP contribution in [0.15, 0.2) is 24.4 Å². The lowest BCUT2D eigenvalue weighted by Gasteiger charge is -2.11. The van der Waals surface area contributed by atoms with Crippen molar-refractivity contribution >= 4 is 5.78 Å². The number of hydrogen-bond acceptors (Lipinski definition) is 3. The van der Waals surface area contributed by atoms with Gasteiger partial charge >= 0.3 is 0 Å². The van der Waals surface area contributed by atoms with Gasteiger partial charge in [0.25, 0.3) is 0 Å². The van der Waals surface area contributed by atoms with E-state index in [1.165, 1.54) is 0 Å². The maximum Gasteiger partial charge on any atom is 0.147 e. The maximum absolute atomic E-state index is 11.1. The Labute approximate surface area is 78.2 Å². The fraction of sp³-hybridized carbons (Fsp3) is 0.400. The van der Waals surface area contributed by atoms with Crippen LogP contribution in [0.25, 0.3) is 0 Å². The van der Waals surface area contributed by atoms with E-state index in [1.807, 2.05) is 18.2 Å². The summed E-state index contributed by atoms with van der Waals surface area (Å²) >= 11 is 0. The lowest BCUT2D eigenvalue weighted by molar-refractivity contribution is -0.118. The Morgan fingerprint density at radius 3 is 2.85 bits per heavy atom. The molecule has 13 heavy (non-hydrogen) atoms. The summed E-state index contributed by atoms with van der Waals surface area (Å²) in [5, 5.41) is 2.96. The summed E-state index contributed by atoms with van der Waals surface area (Å²) in [5.74, 6) is 0.146. The van der Waals surface area contributed by atoms with Gasteiger partial charge in [0.05, 0.1) is 6.04 Å². The lowest BCUT2D eigenvalue weighted by atomic mass is 10.1. The van der Waals surface area contributed by atoms with E-state index < -0.39 is 0 Å². The van der Waals surface area contributed by atoms with Crippen molar-refractivity contribution in [3.05, 3.63) is 30.1 Å². The molecule has 1 aromatic rings. The molecule has 3 heteroatoms. The minimum atomic E-state index is -0.116. The third-order valence-corrected chi connectivity index (χ3v) is 1.98. The van der Waals surface area contributed by atoms with Crippen molar-refractivity contribution in [1.82, 2.24) is 10.3 Å². The van der Waals surface area contributed by atoms with E-state index in [0.29, 0.717) is 6.42 Å². The average molecular weight is 178 g/mol. The van der Waals surface area contributed by atoms with Gasteiger partial charge in [-0.25, -0.2) is 0 Å². The Bertz CT molecular complexity index is 272. The molecule has 3 nitrogen and oxygen atoms in total. The van der Waals surface area contributed by atoms with Crippen LogP contribution in [0.3, 0.4) is 0 Å². The van der Waals surface area contributed by atoms with E-state index in [9.17, 15) is 4.79 Å². The predicted octanol–water partition coefficient (Wildman–Crippen LogP) is 0.801. The molecule has 0 fully saturated rings. The number of pyridine rings is 1. The highest BCUT2D eigenvalue weighted by Crippen LogP contribution is 1.99. The van der Waals surface area contributed by atoms with Crippen molar-refractivity contribution in [2.45, 2.75) is 19.4 Å². The molecule has 0 spiro atoms. The molecule has 0 aliphatic carbocycles. The van der Waals surface area contributed by atoms with Crippen LogP contribution in [-0.2, 0) is 11.2 Å². The number of carbonyl (C=O) groups excluding carboxylic acids is 1. The highest BCUT2D eigenvalue weighted by Gasteiger charge is 2.11. The van der Waals surface area contributed by atoms with Crippen molar-refractivity contribution < 1.29 is 4.79 Å². The van der Waals surface area contributed by atoms with Crippen LogP contribution in [0, 0.1) is 0 Å². The molecule has 0 aliphatic heterocycles. The topological polar surface area (TPSA) is 42.0 Å². The van der Waals surface area contributed by atoms with Crippen LogP contribution in [0.4, 0.5) is 0 Å². The van der Waals surface area contributed by atoms with E-state index in [-0.39, 0.29) is 11.8 Å². The summed E-state index contributed by atoms with van der Waals surface area (Å²) in [7, 11) is 1.79. The van der Waals surface area contributed by atoms with Gasteiger partial charge in [0.2, 0.25) is 0 Å². The molecule has 1 atom stereocenters. The minimum absolute atomic E-state index is 0.116. The first-order valence-corrected chi connectivity index (χ1v) is 4.31. The highest BCUT2D eigenvalue weighted by molar-refractivity contribution is 5.81. The molecule has 70 valence electrons. The van der Waals surface area contributed by atoms with Gasteiger partial charge in [-0.15, -0.1) is 0 Å². The van der Waals surface area contributed by atoms with E-state index in [0.717, 1.165) is 5.69 Å². The van der Waals surface area contributed by atoms with Crippen LogP contribution in [0.1, 0.15) is 12.6 Å². The van der Waals surface area contributed by atoms with Crippen LogP contribution in [-0.4, -0.2) is 23.9 Å². The van der Waals surface area contributed by atoms with Gasteiger partial charge in [0.1, 0.15) is 5.78 Å². The smallest absolute Gasteiger partial charge is 0.147 e. The molecule has 1 N–H and O–H groups in total. The number of carbonyl (C=O) groups is 1. The fourth-order valence-electron chi connectivity index (χ4n) is 1.18. The van der Waals surface area contributed by atoms with Crippen molar-refractivity contribution in [3.63, 3.8) is 0 Å². The van der Waals surface area contributed by atoms with Crippen LogP contribution in [0.2, 0.25) is 0 Å². The zero-order valence-corrected chi connectivity index (χ0v) is 7.95. The number of nitrogens with zero attached hydrogens (tertiary/aromatic N) is 1. The fourth-order valence-corrected chi connectivity index (χ4v) is 1.18. The monoisotopic (exact) mass is 178 g/mol. The number of likely N-dealkylation sites (N-methyl/N-ethyl adjacent to an activating group) is 1. The van der Waals surface area contributed by atoms with Gasteiger partial charge in [-0.1, -0.05) is 6.07 Å². The second-order valence-electron chi connectivity index (χ2n) is 2.98. The van der Waals surface area contributed by atoms with Gasteiger partial charge in [-0.3, -0.25) is 9.78 Å². The molecule has 0 saturated carbocycles. The number of hydrogen-bond donors (Lipinski definition) is 1. The standard InChI is InChI=1S/C10H14N2O/c1-8(13)10(11-2)7-9-5-3-4-6-12-9/h3-6,10-11H,7H2,1-2H3. The van der Waals surface area contributed by atoms with Gasteiger partial charge in [-0.2, -0.15) is 0 Å². The molecule has 0 aliphatic rings. The minimum Gasteiger partial charge on any atom is -0.310 e. The summed E-state index contributed by atoms with van der Waals surface area (Å²) in [6.07, 6.45) is 2.40. The van der Waals surface area contributed by atoms with Gasteiger partial charge < -0.3 is 5.32 Å². The van der Waals surface area contributed by atoms with Gasteiger partial charge in [-0.05, 0) is 26.1 Å².